The quantitative estimate of drug-likeness (QED) is 0.749. The first kappa shape index (κ1) is 17.8. The van der Waals surface area contributed by atoms with Crippen molar-refractivity contribution in [1.82, 2.24) is 4.57 Å². The first-order chi connectivity index (χ1) is 11.9. The zero-order chi connectivity index (χ0) is 18.0. The van der Waals surface area contributed by atoms with Gasteiger partial charge < -0.3 is 14.0 Å². The van der Waals surface area contributed by atoms with E-state index in [1.54, 1.807) is 7.11 Å². The average Bonchev–Trinajstić information content (AvgIpc) is 2.96. The molecule has 1 heterocycles. The van der Waals surface area contributed by atoms with Gasteiger partial charge in [0, 0.05) is 17.1 Å². The minimum atomic E-state index is -0.146. The highest BCUT2D eigenvalue weighted by atomic mass is 16.5. The molecule has 0 atom stereocenters. The van der Waals surface area contributed by atoms with Crippen LogP contribution >= 0.6 is 0 Å². The molecule has 4 nitrogen and oxygen atoms in total. The summed E-state index contributed by atoms with van der Waals surface area (Å²) in [7, 11) is 1.66. The third kappa shape index (κ3) is 4.17. The van der Waals surface area contributed by atoms with Gasteiger partial charge in [0.2, 0.25) is 0 Å². The Morgan fingerprint density at radius 3 is 2.52 bits per heavy atom. The van der Waals surface area contributed by atoms with Crippen LogP contribution in [0, 0.1) is 11.3 Å². The van der Waals surface area contributed by atoms with E-state index in [-0.39, 0.29) is 18.6 Å². The second-order valence-corrected chi connectivity index (χ2v) is 8.20. The van der Waals surface area contributed by atoms with Crippen molar-refractivity contribution < 1.29 is 14.3 Å². The molecular formula is C21H29NO3. The molecule has 0 bridgehead atoms. The van der Waals surface area contributed by atoms with Crippen molar-refractivity contribution in [3.63, 3.8) is 0 Å². The molecule has 0 spiro atoms. The minimum absolute atomic E-state index is 0.0769. The second kappa shape index (κ2) is 7.11. The SMILES string of the molecule is COc1ccc2c(ccn2CC(=O)OC2CCC(C(C)(C)C)CC2)c1. The fourth-order valence-electron chi connectivity index (χ4n) is 3.85. The van der Waals surface area contributed by atoms with Crippen molar-refractivity contribution in [1.29, 1.82) is 0 Å². The molecule has 0 amide bonds. The van der Waals surface area contributed by atoms with Crippen LogP contribution in [-0.4, -0.2) is 23.8 Å². The molecule has 0 aliphatic heterocycles. The molecule has 0 unspecified atom stereocenters. The van der Waals surface area contributed by atoms with Crippen molar-refractivity contribution >= 4 is 16.9 Å². The van der Waals surface area contributed by atoms with Gasteiger partial charge in [0.05, 0.1) is 7.11 Å². The fraction of sp³-hybridized carbons (Fsp3) is 0.571. The molecule has 0 radical (unpaired) electrons. The molecule has 1 fully saturated rings. The van der Waals surface area contributed by atoms with Crippen LogP contribution < -0.4 is 4.74 Å². The van der Waals surface area contributed by atoms with Crippen LogP contribution in [0.2, 0.25) is 0 Å². The predicted molar refractivity (Wildman–Crippen MR) is 99.8 cm³/mol. The number of ether oxygens (including phenoxy) is 2. The lowest BCUT2D eigenvalue weighted by Crippen LogP contribution is -2.31. The van der Waals surface area contributed by atoms with Crippen molar-refractivity contribution in [3.8, 4) is 5.75 Å². The summed E-state index contributed by atoms with van der Waals surface area (Å²) in [6, 6.07) is 7.87. The summed E-state index contributed by atoms with van der Waals surface area (Å²) in [5.41, 5.74) is 1.37. The molecule has 136 valence electrons. The molecule has 1 aliphatic rings. The number of benzene rings is 1. The van der Waals surface area contributed by atoms with E-state index in [2.05, 4.69) is 20.8 Å². The Morgan fingerprint density at radius 2 is 1.88 bits per heavy atom. The first-order valence-electron chi connectivity index (χ1n) is 9.19. The number of hydrogen-bond donors (Lipinski definition) is 0. The first-order valence-corrected chi connectivity index (χ1v) is 9.19. The lowest BCUT2D eigenvalue weighted by molar-refractivity contribution is -0.152. The molecule has 25 heavy (non-hydrogen) atoms. The minimum Gasteiger partial charge on any atom is -0.497 e. The van der Waals surface area contributed by atoms with Gasteiger partial charge in [-0.2, -0.15) is 0 Å². The van der Waals surface area contributed by atoms with E-state index in [0.29, 0.717) is 5.41 Å². The van der Waals surface area contributed by atoms with Gasteiger partial charge in [-0.25, -0.2) is 0 Å². The van der Waals surface area contributed by atoms with E-state index in [0.717, 1.165) is 48.3 Å². The number of esters is 1. The third-order valence-corrected chi connectivity index (χ3v) is 5.47. The number of carbonyl (C=O) groups is 1. The summed E-state index contributed by atoms with van der Waals surface area (Å²) in [6.45, 7) is 7.16. The van der Waals surface area contributed by atoms with Gasteiger partial charge in [-0.15, -0.1) is 0 Å². The Labute approximate surface area is 150 Å². The zero-order valence-corrected chi connectivity index (χ0v) is 15.7. The van der Waals surface area contributed by atoms with Gasteiger partial charge in [-0.05, 0) is 61.3 Å². The van der Waals surface area contributed by atoms with Crippen molar-refractivity contribution in [2.45, 2.75) is 59.1 Å². The van der Waals surface area contributed by atoms with Crippen molar-refractivity contribution in [2.75, 3.05) is 7.11 Å². The highest BCUT2D eigenvalue weighted by Gasteiger charge is 2.31. The monoisotopic (exact) mass is 343 g/mol. The van der Waals surface area contributed by atoms with Gasteiger partial charge in [-0.3, -0.25) is 4.79 Å². The van der Waals surface area contributed by atoms with Crippen molar-refractivity contribution in [3.05, 3.63) is 30.5 Å². The Balaban J connectivity index is 1.57. The smallest absolute Gasteiger partial charge is 0.326 e. The average molecular weight is 343 g/mol. The Bertz CT molecular complexity index is 733. The number of nitrogens with zero attached hydrogens (tertiary/aromatic N) is 1. The highest BCUT2D eigenvalue weighted by molar-refractivity contribution is 5.83. The van der Waals surface area contributed by atoms with Gasteiger partial charge in [0.1, 0.15) is 18.4 Å². The van der Waals surface area contributed by atoms with E-state index in [9.17, 15) is 4.79 Å². The summed E-state index contributed by atoms with van der Waals surface area (Å²) in [5, 5.41) is 1.07. The van der Waals surface area contributed by atoms with Gasteiger partial charge in [-0.1, -0.05) is 20.8 Å². The lowest BCUT2D eigenvalue weighted by atomic mass is 9.72. The summed E-state index contributed by atoms with van der Waals surface area (Å²) in [5.74, 6) is 1.40. The van der Waals surface area contributed by atoms with E-state index in [1.807, 2.05) is 35.0 Å². The van der Waals surface area contributed by atoms with E-state index in [1.165, 1.54) is 0 Å². The summed E-state index contributed by atoms with van der Waals surface area (Å²) < 4.78 is 12.9. The summed E-state index contributed by atoms with van der Waals surface area (Å²) in [6.07, 6.45) is 6.27. The van der Waals surface area contributed by atoms with Gasteiger partial charge in [0.25, 0.3) is 0 Å². The predicted octanol–water partition coefficient (Wildman–Crippen LogP) is 4.80. The zero-order valence-electron chi connectivity index (χ0n) is 15.7. The maximum Gasteiger partial charge on any atom is 0.326 e. The molecule has 1 aromatic heterocycles. The molecular weight excluding hydrogens is 314 g/mol. The number of aromatic nitrogens is 1. The Morgan fingerprint density at radius 1 is 1.16 bits per heavy atom. The Hall–Kier alpha value is -1.97. The Kier molecular flexibility index (Phi) is 5.07. The van der Waals surface area contributed by atoms with Crippen LogP contribution in [0.1, 0.15) is 46.5 Å². The van der Waals surface area contributed by atoms with Gasteiger partial charge in [0.15, 0.2) is 0 Å². The van der Waals surface area contributed by atoms with E-state index < -0.39 is 0 Å². The van der Waals surface area contributed by atoms with Crippen LogP contribution in [0.5, 0.6) is 5.75 Å². The van der Waals surface area contributed by atoms with E-state index >= 15 is 0 Å². The number of hydrogen-bond acceptors (Lipinski definition) is 3. The van der Waals surface area contributed by atoms with Crippen LogP contribution in [0.25, 0.3) is 10.9 Å². The fourth-order valence-corrected chi connectivity index (χ4v) is 3.85. The van der Waals surface area contributed by atoms with Crippen molar-refractivity contribution in [2.24, 2.45) is 11.3 Å². The number of carbonyl (C=O) groups excluding carboxylic acids is 1. The number of rotatable bonds is 4. The van der Waals surface area contributed by atoms with Crippen LogP contribution in [0.3, 0.4) is 0 Å². The topological polar surface area (TPSA) is 40.5 Å². The molecule has 1 saturated carbocycles. The maximum absolute atomic E-state index is 12.4. The van der Waals surface area contributed by atoms with Crippen LogP contribution in [0.4, 0.5) is 0 Å². The molecule has 0 N–H and O–H groups in total. The third-order valence-electron chi connectivity index (χ3n) is 5.47. The molecule has 1 aliphatic carbocycles. The normalized spacial score (nSPS) is 21.3. The summed E-state index contributed by atoms with van der Waals surface area (Å²) in [4.78, 5) is 12.4. The second-order valence-electron chi connectivity index (χ2n) is 8.20. The molecule has 0 saturated heterocycles. The van der Waals surface area contributed by atoms with E-state index in [4.69, 9.17) is 9.47 Å². The molecule has 3 rings (SSSR count). The molecule has 2 aromatic rings. The largest absolute Gasteiger partial charge is 0.497 e. The molecule has 1 aromatic carbocycles. The van der Waals surface area contributed by atoms with Crippen LogP contribution in [0.15, 0.2) is 30.5 Å². The van der Waals surface area contributed by atoms with Crippen LogP contribution in [-0.2, 0) is 16.1 Å². The maximum atomic E-state index is 12.4. The van der Waals surface area contributed by atoms with Gasteiger partial charge >= 0.3 is 5.97 Å². The lowest BCUT2D eigenvalue weighted by Gasteiger charge is -2.36. The summed E-state index contributed by atoms with van der Waals surface area (Å²) >= 11 is 0. The highest BCUT2D eigenvalue weighted by Crippen LogP contribution is 2.38. The standard InChI is InChI=1S/C21H29NO3/c1-21(2,3)16-5-7-17(8-6-16)25-20(23)14-22-12-11-15-13-18(24-4)9-10-19(15)22/h9-13,16-17H,5-8,14H2,1-4H3. The number of fused-ring (bicyclic) bond motifs is 1. The molecule has 4 heteroatoms. The number of methoxy groups -OCH3 is 1.